The lowest BCUT2D eigenvalue weighted by Crippen LogP contribution is -2.26. The molecule has 1 fully saturated rings. The molecule has 1 aliphatic heterocycles. The lowest BCUT2D eigenvalue weighted by Gasteiger charge is -2.34. The molecule has 1 aromatic rings. The maximum atomic E-state index is 3.97. The molecule has 0 nitrogen and oxygen atoms in total. The number of rotatable bonds is 4. The Morgan fingerprint density at radius 1 is 1.25 bits per heavy atom. The molecule has 2 aliphatic rings. The fourth-order valence-electron chi connectivity index (χ4n) is 4.03. The van der Waals surface area contributed by atoms with Crippen molar-refractivity contribution in [2.75, 3.05) is 5.75 Å². The van der Waals surface area contributed by atoms with Gasteiger partial charge in [0.1, 0.15) is 0 Å². The Kier molecular flexibility index (Phi) is 5.14. The molecule has 0 spiro atoms. The average molecular weight is 353 g/mol. The number of fused-ring (bicyclic) bond motifs is 1. The van der Waals surface area contributed by atoms with Crippen molar-refractivity contribution in [3.63, 3.8) is 0 Å². The van der Waals surface area contributed by atoms with Crippen molar-refractivity contribution >= 4 is 27.7 Å². The maximum absolute atomic E-state index is 3.97. The van der Waals surface area contributed by atoms with E-state index in [-0.39, 0.29) is 0 Å². The van der Waals surface area contributed by atoms with Gasteiger partial charge in [-0.05, 0) is 55.1 Å². The minimum Gasteiger partial charge on any atom is -0.125 e. The minimum absolute atomic E-state index is 0.758. The molecule has 0 radical (unpaired) electrons. The van der Waals surface area contributed by atoms with Gasteiger partial charge >= 0.3 is 0 Å². The molecule has 3 rings (SSSR count). The highest BCUT2D eigenvalue weighted by Crippen LogP contribution is 2.46. The van der Waals surface area contributed by atoms with Crippen LogP contribution in [0.2, 0.25) is 0 Å². The third-order valence-corrected chi connectivity index (χ3v) is 7.54. The van der Waals surface area contributed by atoms with Crippen LogP contribution < -0.4 is 0 Å². The molecule has 1 aliphatic carbocycles. The van der Waals surface area contributed by atoms with Crippen molar-refractivity contribution < 1.29 is 0 Å². The van der Waals surface area contributed by atoms with Gasteiger partial charge in [0.15, 0.2) is 0 Å². The van der Waals surface area contributed by atoms with Crippen LogP contribution in [0.25, 0.3) is 0 Å². The highest BCUT2D eigenvalue weighted by atomic mass is 79.9. The van der Waals surface area contributed by atoms with Crippen molar-refractivity contribution in [1.29, 1.82) is 0 Å². The second kappa shape index (κ2) is 6.87. The Hall–Kier alpha value is 0.0500. The molecule has 2 heteroatoms. The third-order valence-electron chi connectivity index (χ3n) is 5.08. The van der Waals surface area contributed by atoms with Crippen LogP contribution in [0.4, 0.5) is 0 Å². The summed E-state index contributed by atoms with van der Waals surface area (Å²) in [6.45, 7) is 2.33. The normalized spacial score (nSPS) is 33.1. The summed E-state index contributed by atoms with van der Waals surface area (Å²) in [5, 5.41) is 0. The van der Waals surface area contributed by atoms with Gasteiger partial charge < -0.3 is 0 Å². The number of alkyl halides is 1. The molecule has 0 aromatic heterocycles. The van der Waals surface area contributed by atoms with Crippen LogP contribution in [0.5, 0.6) is 0 Å². The largest absolute Gasteiger partial charge is 0.125 e. The van der Waals surface area contributed by atoms with Crippen molar-refractivity contribution in [3.8, 4) is 0 Å². The summed E-state index contributed by atoms with van der Waals surface area (Å²) in [4.78, 5) is 2.29. The molecule has 4 atom stereocenters. The Morgan fingerprint density at radius 2 is 2.10 bits per heavy atom. The van der Waals surface area contributed by atoms with Gasteiger partial charge in [0, 0.05) is 15.5 Å². The summed E-state index contributed by atoms with van der Waals surface area (Å²) in [5.41, 5.74) is 1.62. The number of thioether (sulfide) groups is 1. The van der Waals surface area contributed by atoms with Crippen molar-refractivity contribution in [2.45, 2.75) is 61.1 Å². The van der Waals surface area contributed by atoms with E-state index in [2.05, 4.69) is 58.9 Å². The molecule has 0 N–H and O–H groups in total. The SMILES string of the molecule is CCCC1CCC(Br)C(CC2CSc3ccccc32)C1. The summed E-state index contributed by atoms with van der Waals surface area (Å²) in [7, 11) is 0. The molecule has 1 aromatic carbocycles. The van der Waals surface area contributed by atoms with E-state index >= 15 is 0 Å². The van der Waals surface area contributed by atoms with E-state index in [0.29, 0.717) is 0 Å². The highest BCUT2D eigenvalue weighted by molar-refractivity contribution is 9.09. The van der Waals surface area contributed by atoms with Crippen molar-refractivity contribution in [3.05, 3.63) is 29.8 Å². The molecule has 0 saturated heterocycles. The summed E-state index contributed by atoms with van der Waals surface area (Å²) in [5.74, 6) is 3.97. The van der Waals surface area contributed by atoms with Gasteiger partial charge in [-0.25, -0.2) is 0 Å². The Bertz CT molecular complexity index is 445. The first-order chi connectivity index (χ1) is 9.78. The van der Waals surface area contributed by atoms with E-state index in [0.717, 1.165) is 22.6 Å². The predicted octanol–water partition coefficient (Wildman–Crippen LogP) is 6.25. The van der Waals surface area contributed by atoms with Crippen LogP contribution in [-0.2, 0) is 0 Å². The summed E-state index contributed by atoms with van der Waals surface area (Å²) < 4.78 is 0. The summed E-state index contributed by atoms with van der Waals surface area (Å²) in [6.07, 6.45) is 8.46. The van der Waals surface area contributed by atoms with E-state index in [1.54, 1.807) is 5.56 Å². The van der Waals surface area contributed by atoms with Gasteiger partial charge in [0.05, 0.1) is 0 Å². The first kappa shape index (κ1) is 15.0. The monoisotopic (exact) mass is 352 g/mol. The van der Waals surface area contributed by atoms with Crippen LogP contribution in [0.15, 0.2) is 29.2 Å². The lowest BCUT2D eigenvalue weighted by atomic mass is 9.75. The molecule has 0 bridgehead atoms. The minimum atomic E-state index is 0.758. The van der Waals surface area contributed by atoms with Gasteiger partial charge in [-0.3, -0.25) is 0 Å². The van der Waals surface area contributed by atoms with Crippen LogP contribution in [0.1, 0.15) is 56.9 Å². The zero-order valence-corrected chi connectivity index (χ0v) is 14.8. The number of benzene rings is 1. The van der Waals surface area contributed by atoms with E-state index in [4.69, 9.17) is 0 Å². The molecule has 20 heavy (non-hydrogen) atoms. The zero-order chi connectivity index (χ0) is 13.9. The van der Waals surface area contributed by atoms with E-state index in [9.17, 15) is 0 Å². The Labute approximate surface area is 136 Å². The lowest BCUT2D eigenvalue weighted by molar-refractivity contribution is 0.246. The molecule has 1 heterocycles. The molecular formula is C18H25BrS. The fourth-order valence-corrected chi connectivity index (χ4v) is 6.00. The highest BCUT2D eigenvalue weighted by Gasteiger charge is 2.32. The first-order valence-electron chi connectivity index (χ1n) is 8.13. The molecule has 0 amide bonds. The van der Waals surface area contributed by atoms with Gasteiger partial charge in [-0.15, -0.1) is 11.8 Å². The van der Waals surface area contributed by atoms with Crippen LogP contribution in [0, 0.1) is 11.8 Å². The number of halogens is 1. The van der Waals surface area contributed by atoms with Crippen LogP contribution >= 0.6 is 27.7 Å². The van der Waals surface area contributed by atoms with E-state index in [1.807, 2.05) is 0 Å². The quantitative estimate of drug-likeness (QED) is 0.577. The summed E-state index contributed by atoms with van der Waals surface area (Å²) >= 11 is 6.04. The van der Waals surface area contributed by atoms with Gasteiger partial charge in [0.2, 0.25) is 0 Å². The van der Waals surface area contributed by atoms with Crippen molar-refractivity contribution in [1.82, 2.24) is 0 Å². The van der Waals surface area contributed by atoms with Gasteiger partial charge in [0.25, 0.3) is 0 Å². The Morgan fingerprint density at radius 3 is 2.95 bits per heavy atom. The van der Waals surface area contributed by atoms with E-state index < -0.39 is 0 Å². The summed E-state index contributed by atoms with van der Waals surface area (Å²) in [6, 6.07) is 9.05. The van der Waals surface area contributed by atoms with E-state index in [1.165, 1.54) is 49.2 Å². The maximum Gasteiger partial charge on any atom is 0.0174 e. The second-order valence-electron chi connectivity index (χ2n) is 6.53. The molecule has 1 saturated carbocycles. The van der Waals surface area contributed by atoms with Crippen LogP contribution in [0.3, 0.4) is 0 Å². The number of hydrogen-bond donors (Lipinski definition) is 0. The fraction of sp³-hybridized carbons (Fsp3) is 0.667. The van der Waals surface area contributed by atoms with Crippen LogP contribution in [-0.4, -0.2) is 10.6 Å². The molecular weight excluding hydrogens is 328 g/mol. The standard InChI is InChI=1S/C18H25BrS/c1-2-5-13-8-9-17(19)14(10-13)11-15-12-20-18-7-4-3-6-16(15)18/h3-4,6-7,13-15,17H,2,5,8-12H2,1H3. The smallest absolute Gasteiger partial charge is 0.0174 e. The average Bonchev–Trinajstić information content (AvgIpc) is 2.86. The van der Waals surface area contributed by atoms with Gasteiger partial charge in [-0.1, -0.05) is 53.9 Å². The third kappa shape index (κ3) is 3.27. The molecule has 4 unspecified atom stereocenters. The topological polar surface area (TPSA) is 0 Å². The van der Waals surface area contributed by atoms with Crippen molar-refractivity contribution in [2.24, 2.45) is 11.8 Å². The predicted molar refractivity (Wildman–Crippen MR) is 93.0 cm³/mol. The Balaban J connectivity index is 1.65. The van der Waals surface area contributed by atoms with Gasteiger partial charge in [-0.2, -0.15) is 0 Å². The molecule has 110 valence electrons. The second-order valence-corrected chi connectivity index (χ2v) is 8.76. The zero-order valence-electron chi connectivity index (χ0n) is 12.4. The first-order valence-corrected chi connectivity index (χ1v) is 10.0. The number of hydrogen-bond acceptors (Lipinski definition) is 1.